The van der Waals surface area contributed by atoms with E-state index >= 15 is 0 Å². The maximum atomic E-state index is 4.72. The van der Waals surface area contributed by atoms with Crippen LogP contribution in [0.15, 0.2) is 48.5 Å². The van der Waals surface area contributed by atoms with Crippen LogP contribution in [0.5, 0.6) is 0 Å². The predicted molar refractivity (Wildman–Crippen MR) is 101 cm³/mol. The summed E-state index contributed by atoms with van der Waals surface area (Å²) in [4.78, 5) is 18.7. The number of imidazole rings is 2. The molecule has 0 aliphatic rings. The Morgan fingerprint density at radius 1 is 0.760 bits per heavy atom. The van der Waals surface area contributed by atoms with Gasteiger partial charge in [0.2, 0.25) is 0 Å². The van der Waals surface area contributed by atoms with Crippen molar-refractivity contribution in [2.45, 2.75) is 39.4 Å². The van der Waals surface area contributed by atoms with E-state index in [-0.39, 0.29) is 5.54 Å². The fraction of sp³-hybridized carbons (Fsp3) is 0.300. The minimum absolute atomic E-state index is 0.00203. The Morgan fingerprint density at radius 2 is 1.20 bits per heavy atom. The molecule has 4 rings (SSSR count). The number of aromatic amines is 2. The Bertz CT molecular complexity index is 863. The van der Waals surface area contributed by atoms with Crippen LogP contribution in [0.2, 0.25) is 0 Å². The average Bonchev–Trinajstić information content (AvgIpc) is 3.15. The second-order valence-electron chi connectivity index (χ2n) is 7.43. The highest BCUT2D eigenvalue weighted by molar-refractivity contribution is 5.75. The van der Waals surface area contributed by atoms with E-state index in [1.165, 1.54) is 0 Å². The molecular formula is C20H23N5. The summed E-state index contributed by atoms with van der Waals surface area (Å²) in [6.07, 6.45) is 0. The molecule has 0 saturated carbocycles. The maximum absolute atomic E-state index is 4.72. The van der Waals surface area contributed by atoms with E-state index in [0.29, 0.717) is 0 Å². The molecule has 2 heterocycles. The molecule has 0 saturated heterocycles. The van der Waals surface area contributed by atoms with Gasteiger partial charge in [-0.1, -0.05) is 24.3 Å². The lowest BCUT2D eigenvalue weighted by atomic mass is 10.1. The molecule has 0 unspecified atom stereocenters. The molecule has 0 aliphatic heterocycles. The molecule has 0 bridgehead atoms. The Hall–Kier alpha value is -2.66. The Kier molecular flexibility index (Phi) is 3.81. The van der Waals surface area contributed by atoms with Gasteiger partial charge in [-0.05, 0) is 45.0 Å². The minimum Gasteiger partial charge on any atom is -0.341 e. The van der Waals surface area contributed by atoms with Gasteiger partial charge >= 0.3 is 0 Å². The second kappa shape index (κ2) is 6.01. The average molecular weight is 333 g/mol. The molecule has 0 radical (unpaired) electrons. The zero-order valence-electron chi connectivity index (χ0n) is 14.9. The molecule has 0 amide bonds. The summed E-state index contributed by atoms with van der Waals surface area (Å²) >= 11 is 0. The zero-order valence-corrected chi connectivity index (χ0v) is 14.9. The van der Waals surface area contributed by atoms with Crippen LogP contribution in [-0.4, -0.2) is 30.4 Å². The van der Waals surface area contributed by atoms with Gasteiger partial charge in [-0.25, -0.2) is 9.97 Å². The smallest absolute Gasteiger partial charge is 0.121 e. The normalized spacial score (nSPS) is 12.5. The van der Waals surface area contributed by atoms with Gasteiger partial charge in [-0.3, -0.25) is 4.90 Å². The first-order valence-electron chi connectivity index (χ1n) is 8.61. The fourth-order valence-corrected chi connectivity index (χ4v) is 3.05. The van der Waals surface area contributed by atoms with Crippen LogP contribution in [0, 0.1) is 0 Å². The van der Waals surface area contributed by atoms with Crippen LogP contribution in [-0.2, 0) is 13.1 Å². The highest BCUT2D eigenvalue weighted by atomic mass is 15.2. The van der Waals surface area contributed by atoms with E-state index in [2.05, 4.69) is 47.8 Å². The number of para-hydroxylation sites is 4. The summed E-state index contributed by atoms with van der Waals surface area (Å²) in [5, 5.41) is 0. The summed E-state index contributed by atoms with van der Waals surface area (Å²) in [7, 11) is 0. The fourth-order valence-electron chi connectivity index (χ4n) is 3.05. The monoisotopic (exact) mass is 333 g/mol. The lowest BCUT2D eigenvalue weighted by molar-refractivity contribution is 0.112. The third-order valence-corrected chi connectivity index (χ3v) is 4.51. The SMILES string of the molecule is CC(C)(C)N(Cc1nc2ccccc2[nH]1)Cc1nc2ccccc2[nH]1. The summed E-state index contributed by atoms with van der Waals surface area (Å²) in [6, 6.07) is 16.3. The van der Waals surface area contributed by atoms with Crippen LogP contribution in [0.3, 0.4) is 0 Å². The van der Waals surface area contributed by atoms with Crippen LogP contribution in [0.1, 0.15) is 32.4 Å². The van der Waals surface area contributed by atoms with Crippen molar-refractivity contribution in [2.75, 3.05) is 0 Å². The van der Waals surface area contributed by atoms with Gasteiger partial charge in [-0.15, -0.1) is 0 Å². The number of rotatable bonds is 4. The molecule has 0 aliphatic carbocycles. The van der Waals surface area contributed by atoms with Crippen molar-refractivity contribution >= 4 is 22.1 Å². The molecule has 4 aromatic rings. The molecule has 2 aromatic carbocycles. The quantitative estimate of drug-likeness (QED) is 0.587. The van der Waals surface area contributed by atoms with Crippen LogP contribution < -0.4 is 0 Å². The van der Waals surface area contributed by atoms with Gasteiger partial charge in [0, 0.05) is 5.54 Å². The number of hydrogen-bond acceptors (Lipinski definition) is 3. The minimum atomic E-state index is -0.00203. The number of nitrogens with one attached hydrogen (secondary N) is 2. The van der Waals surface area contributed by atoms with Crippen molar-refractivity contribution < 1.29 is 0 Å². The van der Waals surface area contributed by atoms with Crippen LogP contribution >= 0.6 is 0 Å². The molecule has 0 spiro atoms. The van der Waals surface area contributed by atoms with Crippen LogP contribution in [0.4, 0.5) is 0 Å². The first-order valence-corrected chi connectivity index (χ1v) is 8.61. The van der Waals surface area contributed by atoms with Gasteiger partial charge in [-0.2, -0.15) is 0 Å². The molecule has 5 heteroatoms. The highest BCUT2D eigenvalue weighted by Gasteiger charge is 2.24. The third kappa shape index (κ3) is 3.28. The third-order valence-electron chi connectivity index (χ3n) is 4.51. The second-order valence-corrected chi connectivity index (χ2v) is 7.43. The van der Waals surface area contributed by atoms with Crippen molar-refractivity contribution in [1.82, 2.24) is 24.8 Å². The summed E-state index contributed by atoms with van der Waals surface area (Å²) in [5.41, 5.74) is 4.17. The first kappa shape index (κ1) is 15.8. The number of hydrogen-bond donors (Lipinski definition) is 2. The lowest BCUT2D eigenvalue weighted by Gasteiger charge is -2.34. The highest BCUT2D eigenvalue weighted by Crippen LogP contribution is 2.21. The van der Waals surface area contributed by atoms with E-state index in [9.17, 15) is 0 Å². The van der Waals surface area contributed by atoms with E-state index < -0.39 is 0 Å². The molecule has 0 atom stereocenters. The van der Waals surface area contributed by atoms with Crippen molar-refractivity contribution in [3.05, 3.63) is 60.2 Å². The van der Waals surface area contributed by atoms with Crippen LogP contribution in [0.25, 0.3) is 22.1 Å². The van der Waals surface area contributed by atoms with Gasteiger partial charge in [0.25, 0.3) is 0 Å². The lowest BCUT2D eigenvalue weighted by Crippen LogP contribution is -2.40. The number of nitrogens with zero attached hydrogens (tertiary/aromatic N) is 3. The molecule has 128 valence electrons. The summed E-state index contributed by atoms with van der Waals surface area (Å²) < 4.78 is 0. The molecule has 2 N–H and O–H groups in total. The molecule has 2 aromatic heterocycles. The Balaban J connectivity index is 1.61. The topological polar surface area (TPSA) is 60.6 Å². The molecule has 0 fully saturated rings. The predicted octanol–water partition coefficient (Wildman–Crippen LogP) is 4.24. The summed E-state index contributed by atoms with van der Waals surface area (Å²) in [5.74, 6) is 1.96. The van der Waals surface area contributed by atoms with Crippen molar-refractivity contribution in [2.24, 2.45) is 0 Å². The van der Waals surface area contributed by atoms with Gasteiger partial charge < -0.3 is 9.97 Å². The standard InChI is InChI=1S/C20H23N5/c1-20(2,3)25(12-18-21-14-8-4-5-9-15(14)22-18)13-19-23-16-10-6-7-11-17(16)24-19/h4-11H,12-13H2,1-3H3,(H,21,22)(H,23,24). The Morgan fingerprint density at radius 3 is 1.60 bits per heavy atom. The van der Waals surface area contributed by atoms with Crippen molar-refractivity contribution in [3.8, 4) is 0 Å². The largest absolute Gasteiger partial charge is 0.341 e. The Labute approximate surface area is 147 Å². The number of fused-ring (bicyclic) bond motifs is 2. The zero-order chi connectivity index (χ0) is 17.4. The van der Waals surface area contributed by atoms with Gasteiger partial charge in [0.1, 0.15) is 11.6 Å². The maximum Gasteiger partial charge on any atom is 0.121 e. The number of benzene rings is 2. The van der Waals surface area contributed by atoms with E-state index in [1.54, 1.807) is 0 Å². The van der Waals surface area contributed by atoms with E-state index in [1.807, 2.05) is 36.4 Å². The number of aromatic nitrogens is 4. The van der Waals surface area contributed by atoms with E-state index in [4.69, 9.17) is 9.97 Å². The van der Waals surface area contributed by atoms with Gasteiger partial charge in [0.05, 0.1) is 35.2 Å². The molecular weight excluding hydrogens is 310 g/mol. The van der Waals surface area contributed by atoms with E-state index in [0.717, 1.165) is 46.8 Å². The van der Waals surface area contributed by atoms with Crippen molar-refractivity contribution in [3.63, 3.8) is 0 Å². The molecule has 25 heavy (non-hydrogen) atoms. The first-order chi connectivity index (χ1) is 12.0. The summed E-state index contributed by atoms with van der Waals surface area (Å²) in [6.45, 7) is 8.15. The number of H-pyrrole nitrogens is 2. The van der Waals surface area contributed by atoms with Gasteiger partial charge in [0.15, 0.2) is 0 Å². The molecule has 5 nitrogen and oxygen atoms in total. The van der Waals surface area contributed by atoms with Crippen molar-refractivity contribution in [1.29, 1.82) is 0 Å².